The summed E-state index contributed by atoms with van der Waals surface area (Å²) in [6, 6.07) is 0.239. The number of rotatable bonds is 7. The van der Waals surface area contributed by atoms with Gasteiger partial charge in [0.2, 0.25) is 5.91 Å². The zero-order valence-electron chi connectivity index (χ0n) is 10.1. The molecule has 6 heteroatoms. The zero-order chi connectivity index (χ0) is 12.7. The van der Waals surface area contributed by atoms with Gasteiger partial charge in [0.15, 0.2) is 0 Å². The van der Waals surface area contributed by atoms with Crippen molar-refractivity contribution in [1.29, 1.82) is 0 Å². The molecule has 0 aromatic carbocycles. The average Bonchev–Trinajstić information content (AvgIpc) is 2.79. The predicted octanol–water partition coefficient (Wildman–Crippen LogP) is 0.869. The second-order valence-corrected chi connectivity index (χ2v) is 4.04. The van der Waals surface area contributed by atoms with Crippen molar-refractivity contribution in [2.75, 3.05) is 32.8 Å². The van der Waals surface area contributed by atoms with Gasteiger partial charge in [-0.15, -0.1) is 0 Å². The molecule has 0 aromatic heterocycles. The Morgan fingerprint density at radius 2 is 2.35 bits per heavy atom. The van der Waals surface area contributed by atoms with E-state index in [4.69, 9.17) is 4.74 Å². The lowest BCUT2D eigenvalue weighted by molar-refractivity contribution is -0.134. The lowest BCUT2D eigenvalue weighted by atomic mass is 10.2. The molecule has 0 spiro atoms. The third-order valence-corrected chi connectivity index (χ3v) is 2.84. The van der Waals surface area contributed by atoms with Gasteiger partial charge in [0.05, 0.1) is 13.0 Å². The fraction of sp³-hybridized carbons (Fsp3) is 0.909. The number of carbonyl (C=O) groups excluding carboxylic acids is 1. The van der Waals surface area contributed by atoms with Gasteiger partial charge in [-0.1, -0.05) is 0 Å². The quantitative estimate of drug-likeness (QED) is 0.682. The Labute approximate surface area is 100 Å². The first-order chi connectivity index (χ1) is 8.15. The van der Waals surface area contributed by atoms with E-state index in [1.54, 1.807) is 4.90 Å². The maximum absolute atomic E-state index is 11.8. The molecule has 0 aromatic rings. The first kappa shape index (κ1) is 14.3. The lowest BCUT2D eigenvalue weighted by Crippen LogP contribution is -2.41. The normalized spacial score (nSPS) is 19.9. The summed E-state index contributed by atoms with van der Waals surface area (Å²) in [4.78, 5) is 13.6. The summed E-state index contributed by atoms with van der Waals surface area (Å²) in [5.41, 5.74) is 0. The molecule has 1 N–H and O–H groups in total. The molecular weight excluding hydrogens is 230 g/mol. The number of alkyl halides is 2. The minimum atomic E-state index is -2.47. The van der Waals surface area contributed by atoms with Crippen LogP contribution in [0.1, 0.15) is 19.8 Å². The lowest BCUT2D eigenvalue weighted by Gasteiger charge is -2.27. The topological polar surface area (TPSA) is 41.6 Å². The number of hydrogen-bond acceptors (Lipinski definition) is 3. The molecule has 17 heavy (non-hydrogen) atoms. The van der Waals surface area contributed by atoms with E-state index in [-0.39, 0.29) is 25.0 Å². The van der Waals surface area contributed by atoms with Gasteiger partial charge in [-0.25, -0.2) is 8.78 Å². The molecule has 1 aliphatic heterocycles. The average molecular weight is 250 g/mol. The second-order valence-electron chi connectivity index (χ2n) is 4.04. The van der Waals surface area contributed by atoms with Crippen molar-refractivity contribution in [3.05, 3.63) is 0 Å². The number of nitrogens with zero attached hydrogens (tertiary/aromatic N) is 1. The summed E-state index contributed by atoms with van der Waals surface area (Å²) < 4.78 is 28.3. The Hall–Kier alpha value is -0.750. The summed E-state index contributed by atoms with van der Waals surface area (Å²) in [5.74, 6) is -0.0181. The molecule has 1 heterocycles. The van der Waals surface area contributed by atoms with Gasteiger partial charge in [-0.2, -0.15) is 0 Å². The van der Waals surface area contributed by atoms with Gasteiger partial charge in [-0.3, -0.25) is 4.79 Å². The highest BCUT2D eigenvalue weighted by molar-refractivity contribution is 5.76. The molecule has 1 rings (SSSR count). The Morgan fingerprint density at radius 3 is 2.88 bits per heavy atom. The molecule has 1 amide bonds. The Bertz CT molecular complexity index is 234. The monoisotopic (exact) mass is 250 g/mol. The molecule has 0 saturated carbocycles. The molecule has 1 saturated heterocycles. The minimum Gasteiger partial charge on any atom is -0.375 e. The molecule has 100 valence electrons. The van der Waals surface area contributed by atoms with Gasteiger partial charge in [0, 0.05) is 19.1 Å². The molecule has 0 aliphatic carbocycles. The molecular formula is C11H20F2N2O2. The van der Waals surface area contributed by atoms with Crippen LogP contribution in [0.5, 0.6) is 0 Å². The summed E-state index contributed by atoms with van der Waals surface area (Å²) in [7, 11) is 0. The molecule has 1 fully saturated rings. The second kappa shape index (κ2) is 7.55. The fourth-order valence-corrected chi connectivity index (χ4v) is 2.02. The van der Waals surface area contributed by atoms with Crippen molar-refractivity contribution >= 4 is 5.91 Å². The highest BCUT2D eigenvalue weighted by Crippen LogP contribution is 2.10. The van der Waals surface area contributed by atoms with Gasteiger partial charge >= 0.3 is 0 Å². The van der Waals surface area contributed by atoms with Gasteiger partial charge in [0.25, 0.3) is 6.43 Å². The summed E-state index contributed by atoms with van der Waals surface area (Å²) in [5, 5.41) is 3.20. The van der Waals surface area contributed by atoms with E-state index in [9.17, 15) is 13.6 Å². The Balaban J connectivity index is 2.24. The summed E-state index contributed by atoms with van der Waals surface area (Å²) >= 11 is 0. The van der Waals surface area contributed by atoms with Gasteiger partial charge in [-0.05, 0) is 19.9 Å². The largest absolute Gasteiger partial charge is 0.375 e. The van der Waals surface area contributed by atoms with Crippen LogP contribution >= 0.6 is 0 Å². The highest BCUT2D eigenvalue weighted by atomic mass is 19.3. The van der Waals surface area contributed by atoms with Crippen LogP contribution in [0.15, 0.2) is 0 Å². The van der Waals surface area contributed by atoms with Crippen LogP contribution in [-0.2, 0) is 9.53 Å². The SMILES string of the molecule is CCN(C(=O)CCOCC(F)F)C1CCNC1. The van der Waals surface area contributed by atoms with Crippen LogP contribution in [0.2, 0.25) is 0 Å². The van der Waals surface area contributed by atoms with Gasteiger partial charge in [0.1, 0.15) is 6.61 Å². The number of carbonyl (C=O) groups is 1. The third kappa shape index (κ3) is 4.95. The van der Waals surface area contributed by atoms with Crippen LogP contribution < -0.4 is 5.32 Å². The zero-order valence-corrected chi connectivity index (χ0v) is 10.1. The van der Waals surface area contributed by atoms with Crippen LogP contribution in [0.3, 0.4) is 0 Å². The van der Waals surface area contributed by atoms with E-state index in [1.807, 2.05) is 6.92 Å². The van der Waals surface area contributed by atoms with E-state index in [1.165, 1.54) is 0 Å². The minimum absolute atomic E-state index is 0.0181. The van der Waals surface area contributed by atoms with Gasteiger partial charge < -0.3 is 15.0 Å². The summed E-state index contributed by atoms with van der Waals surface area (Å²) in [6.45, 7) is 3.80. The van der Waals surface area contributed by atoms with E-state index in [0.29, 0.717) is 6.54 Å². The van der Waals surface area contributed by atoms with Crippen molar-refractivity contribution in [2.45, 2.75) is 32.2 Å². The maximum Gasteiger partial charge on any atom is 0.261 e. The maximum atomic E-state index is 11.8. The molecule has 1 atom stereocenters. The van der Waals surface area contributed by atoms with Crippen molar-refractivity contribution in [3.63, 3.8) is 0 Å². The predicted molar refractivity (Wildman–Crippen MR) is 60.1 cm³/mol. The Kier molecular flexibility index (Phi) is 6.36. The summed E-state index contributed by atoms with van der Waals surface area (Å²) in [6.07, 6.45) is -1.33. The molecule has 1 unspecified atom stereocenters. The smallest absolute Gasteiger partial charge is 0.261 e. The van der Waals surface area contributed by atoms with Crippen molar-refractivity contribution in [1.82, 2.24) is 10.2 Å². The van der Waals surface area contributed by atoms with Crippen molar-refractivity contribution in [2.24, 2.45) is 0 Å². The van der Waals surface area contributed by atoms with Crippen molar-refractivity contribution in [3.8, 4) is 0 Å². The van der Waals surface area contributed by atoms with Crippen LogP contribution in [0.4, 0.5) is 8.78 Å². The number of ether oxygens (including phenoxy) is 1. The molecule has 0 bridgehead atoms. The number of halogens is 2. The highest BCUT2D eigenvalue weighted by Gasteiger charge is 2.24. The van der Waals surface area contributed by atoms with Crippen LogP contribution in [0, 0.1) is 0 Å². The van der Waals surface area contributed by atoms with E-state index >= 15 is 0 Å². The van der Waals surface area contributed by atoms with E-state index in [2.05, 4.69) is 5.32 Å². The molecule has 1 aliphatic rings. The molecule has 0 radical (unpaired) electrons. The van der Waals surface area contributed by atoms with Crippen LogP contribution in [0.25, 0.3) is 0 Å². The number of amides is 1. The third-order valence-electron chi connectivity index (χ3n) is 2.84. The van der Waals surface area contributed by atoms with E-state index < -0.39 is 13.0 Å². The van der Waals surface area contributed by atoms with Crippen LogP contribution in [-0.4, -0.2) is 56.1 Å². The number of hydrogen-bond donors (Lipinski definition) is 1. The number of likely N-dealkylation sites (N-methyl/N-ethyl adjacent to an activating group) is 1. The number of nitrogens with one attached hydrogen (secondary N) is 1. The van der Waals surface area contributed by atoms with E-state index in [0.717, 1.165) is 19.5 Å². The Morgan fingerprint density at radius 1 is 1.59 bits per heavy atom. The molecule has 4 nitrogen and oxygen atoms in total. The first-order valence-corrected chi connectivity index (χ1v) is 6.01. The van der Waals surface area contributed by atoms with Crippen molar-refractivity contribution < 1.29 is 18.3 Å². The first-order valence-electron chi connectivity index (χ1n) is 6.01. The standard InChI is InChI=1S/C11H20F2N2O2/c1-2-15(9-3-5-14-7-9)11(16)4-6-17-8-10(12)13/h9-10,14H,2-8H2,1H3. The fourth-order valence-electron chi connectivity index (χ4n) is 2.02.